The molecule has 7 heteroatoms. The molecule has 0 radical (unpaired) electrons. The maximum Gasteiger partial charge on any atom is 0.252 e. The zero-order valence-corrected chi connectivity index (χ0v) is 16.4. The highest BCUT2D eigenvalue weighted by Gasteiger charge is 2.19. The van der Waals surface area contributed by atoms with E-state index in [9.17, 15) is 13.2 Å². The number of nitrogens with zero attached hydrogens (tertiary/aromatic N) is 1. The van der Waals surface area contributed by atoms with Crippen LogP contribution in [0.2, 0.25) is 0 Å². The van der Waals surface area contributed by atoms with E-state index in [1.54, 1.807) is 32.2 Å². The number of amides is 1. The van der Waals surface area contributed by atoms with Gasteiger partial charge in [0.25, 0.3) is 5.91 Å². The smallest absolute Gasteiger partial charge is 0.252 e. The SMILES string of the molecule is COc1ccc([C@@H](C)NC(=O)c2cccc(N(C)S(C)(=O)=O)c2C)cc1. The van der Waals surface area contributed by atoms with Crippen LogP contribution in [-0.4, -0.2) is 34.7 Å². The van der Waals surface area contributed by atoms with Crippen LogP contribution in [0, 0.1) is 6.92 Å². The van der Waals surface area contributed by atoms with E-state index in [0.29, 0.717) is 16.8 Å². The summed E-state index contributed by atoms with van der Waals surface area (Å²) in [6.07, 6.45) is 1.13. The summed E-state index contributed by atoms with van der Waals surface area (Å²) in [5.74, 6) is 0.495. The lowest BCUT2D eigenvalue weighted by atomic mass is 10.0. The number of ether oxygens (including phenoxy) is 1. The molecule has 1 atom stereocenters. The molecule has 0 aliphatic carbocycles. The molecule has 6 nitrogen and oxygen atoms in total. The number of hydrogen-bond acceptors (Lipinski definition) is 4. The number of methoxy groups -OCH3 is 1. The Kier molecular flexibility index (Phi) is 5.92. The Balaban J connectivity index is 2.24. The lowest BCUT2D eigenvalue weighted by molar-refractivity contribution is 0.0939. The molecule has 2 aromatic rings. The molecule has 1 amide bonds. The molecular weight excluding hydrogens is 352 g/mol. The second-order valence-electron chi connectivity index (χ2n) is 6.15. The number of carbonyl (C=O) groups is 1. The standard InChI is InChI=1S/C19H24N2O4S/c1-13-17(7-6-8-18(13)21(3)26(5,23)24)19(22)20-14(2)15-9-11-16(25-4)12-10-15/h6-12,14H,1-5H3,(H,20,22)/t14-/m1/s1. The Morgan fingerprint density at radius 1 is 1.15 bits per heavy atom. The van der Waals surface area contributed by atoms with E-state index in [1.165, 1.54) is 11.4 Å². The number of hydrogen-bond donors (Lipinski definition) is 1. The second-order valence-corrected chi connectivity index (χ2v) is 8.16. The van der Waals surface area contributed by atoms with Crippen molar-refractivity contribution in [3.8, 4) is 5.75 Å². The van der Waals surface area contributed by atoms with Crippen LogP contribution in [-0.2, 0) is 10.0 Å². The van der Waals surface area contributed by atoms with E-state index < -0.39 is 10.0 Å². The summed E-state index contributed by atoms with van der Waals surface area (Å²) in [5, 5.41) is 2.95. The van der Waals surface area contributed by atoms with Gasteiger partial charge in [-0.15, -0.1) is 0 Å². The molecule has 0 saturated carbocycles. The lowest BCUT2D eigenvalue weighted by Crippen LogP contribution is -2.29. The van der Waals surface area contributed by atoms with Gasteiger partial charge in [-0.3, -0.25) is 9.10 Å². The quantitative estimate of drug-likeness (QED) is 0.841. The number of anilines is 1. The maximum absolute atomic E-state index is 12.7. The van der Waals surface area contributed by atoms with E-state index in [0.717, 1.165) is 17.6 Å². The first-order chi connectivity index (χ1) is 12.1. The maximum atomic E-state index is 12.7. The van der Waals surface area contributed by atoms with E-state index in [-0.39, 0.29) is 11.9 Å². The largest absolute Gasteiger partial charge is 0.497 e. The third-order valence-electron chi connectivity index (χ3n) is 4.35. The molecule has 26 heavy (non-hydrogen) atoms. The first-order valence-electron chi connectivity index (χ1n) is 8.13. The Morgan fingerprint density at radius 3 is 2.31 bits per heavy atom. The fourth-order valence-corrected chi connectivity index (χ4v) is 3.19. The molecule has 0 bridgehead atoms. The highest BCUT2D eigenvalue weighted by molar-refractivity contribution is 7.92. The molecule has 2 rings (SSSR count). The summed E-state index contributed by atoms with van der Waals surface area (Å²) >= 11 is 0. The van der Waals surface area contributed by atoms with Crippen LogP contribution < -0.4 is 14.4 Å². The van der Waals surface area contributed by atoms with Gasteiger partial charge >= 0.3 is 0 Å². The van der Waals surface area contributed by atoms with Crippen molar-refractivity contribution in [3.63, 3.8) is 0 Å². The Hall–Kier alpha value is -2.54. The predicted octanol–water partition coefficient (Wildman–Crippen LogP) is 2.89. The fourth-order valence-electron chi connectivity index (χ4n) is 2.64. The zero-order valence-electron chi connectivity index (χ0n) is 15.6. The molecule has 140 valence electrons. The summed E-state index contributed by atoms with van der Waals surface area (Å²) in [5.41, 5.74) is 2.48. The topological polar surface area (TPSA) is 75.7 Å². The molecule has 0 unspecified atom stereocenters. The number of sulfonamides is 1. The Morgan fingerprint density at radius 2 is 1.77 bits per heavy atom. The third-order valence-corrected chi connectivity index (χ3v) is 5.54. The molecule has 0 aliphatic heterocycles. The van der Waals surface area contributed by atoms with E-state index >= 15 is 0 Å². The summed E-state index contributed by atoms with van der Waals surface area (Å²) in [6, 6.07) is 12.3. The van der Waals surface area contributed by atoms with Gasteiger partial charge in [0.15, 0.2) is 0 Å². The number of nitrogens with one attached hydrogen (secondary N) is 1. The van der Waals surface area contributed by atoms with Crippen LogP contribution in [0.15, 0.2) is 42.5 Å². The van der Waals surface area contributed by atoms with Gasteiger partial charge in [0, 0.05) is 12.6 Å². The molecule has 0 saturated heterocycles. The number of benzene rings is 2. The van der Waals surface area contributed by atoms with Gasteiger partial charge < -0.3 is 10.1 Å². The lowest BCUT2D eigenvalue weighted by Gasteiger charge is -2.21. The van der Waals surface area contributed by atoms with Crippen LogP contribution in [0.4, 0.5) is 5.69 Å². The number of rotatable bonds is 6. The van der Waals surface area contributed by atoms with Gasteiger partial charge in [0.1, 0.15) is 5.75 Å². The highest BCUT2D eigenvalue weighted by atomic mass is 32.2. The van der Waals surface area contributed by atoms with Crippen LogP contribution in [0.3, 0.4) is 0 Å². The van der Waals surface area contributed by atoms with Crippen LogP contribution in [0.25, 0.3) is 0 Å². The molecule has 2 aromatic carbocycles. The minimum Gasteiger partial charge on any atom is -0.497 e. The summed E-state index contributed by atoms with van der Waals surface area (Å²) < 4.78 is 29.9. The van der Waals surface area contributed by atoms with Crippen LogP contribution in [0.5, 0.6) is 5.75 Å². The summed E-state index contributed by atoms with van der Waals surface area (Å²) in [6.45, 7) is 3.63. The molecule has 0 aromatic heterocycles. The van der Waals surface area contributed by atoms with Gasteiger partial charge in [-0.25, -0.2) is 8.42 Å². The van der Waals surface area contributed by atoms with Crippen LogP contribution >= 0.6 is 0 Å². The molecule has 0 heterocycles. The van der Waals surface area contributed by atoms with Crippen molar-refractivity contribution in [2.24, 2.45) is 0 Å². The highest BCUT2D eigenvalue weighted by Crippen LogP contribution is 2.25. The average Bonchev–Trinajstić information content (AvgIpc) is 2.60. The van der Waals surface area contributed by atoms with Gasteiger partial charge in [0.05, 0.1) is 25.1 Å². The van der Waals surface area contributed by atoms with Crippen molar-refractivity contribution in [2.45, 2.75) is 19.9 Å². The summed E-state index contributed by atoms with van der Waals surface area (Å²) in [7, 11) is -0.331. The predicted molar refractivity (Wildman–Crippen MR) is 103 cm³/mol. The van der Waals surface area contributed by atoms with Crippen molar-refractivity contribution in [2.75, 3.05) is 24.7 Å². The van der Waals surface area contributed by atoms with Crippen molar-refractivity contribution < 1.29 is 17.9 Å². The molecule has 0 aliphatic rings. The van der Waals surface area contributed by atoms with E-state index in [2.05, 4.69) is 5.32 Å². The van der Waals surface area contributed by atoms with E-state index in [1.807, 2.05) is 31.2 Å². The normalized spacial score (nSPS) is 12.3. The van der Waals surface area contributed by atoms with Crippen molar-refractivity contribution >= 4 is 21.6 Å². The van der Waals surface area contributed by atoms with Crippen molar-refractivity contribution in [1.82, 2.24) is 5.32 Å². The van der Waals surface area contributed by atoms with E-state index in [4.69, 9.17) is 4.74 Å². The Labute approximate surface area is 154 Å². The third kappa shape index (κ3) is 4.35. The summed E-state index contributed by atoms with van der Waals surface area (Å²) in [4.78, 5) is 12.7. The van der Waals surface area contributed by atoms with Crippen LogP contribution in [0.1, 0.15) is 34.5 Å². The first-order valence-corrected chi connectivity index (χ1v) is 9.98. The molecule has 1 N–H and O–H groups in total. The molecule has 0 spiro atoms. The second kappa shape index (κ2) is 7.78. The van der Waals surface area contributed by atoms with Gasteiger partial charge in [-0.05, 0) is 49.2 Å². The fraction of sp³-hybridized carbons (Fsp3) is 0.316. The van der Waals surface area contributed by atoms with Crippen molar-refractivity contribution in [1.29, 1.82) is 0 Å². The zero-order chi connectivity index (χ0) is 19.5. The molecule has 0 fully saturated rings. The van der Waals surface area contributed by atoms with Crippen molar-refractivity contribution in [3.05, 3.63) is 59.2 Å². The minimum atomic E-state index is -3.40. The minimum absolute atomic E-state index is 0.205. The molecular formula is C19H24N2O4S. The first kappa shape index (κ1) is 19.8. The Bertz CT molecular complexity index is 892. The average molecular weight is 376 g/mol. The monoisotopic (exact) mass is 376 g/mol. The van der Waals surface area contributed by atoms with Gasteiger partial charge in [-0.2, -0.15) is 0 Å². The number of carbonyl (C=O) groups excluding carboxylic acids is 1. The van der Waals surface area contributed by atoms with Gasteiger partial charge in [0.2, 0.25) is 10.0 Å². The van der Waals surface area contributed by atoms with Gasteiger partial charge in [-0.1, -0.05) is 18.2 Å².